The van der Waals surface area contributed by atoms with Crippen molar-refractivity contribution in [3.8, 4) is 22.8 Å². The third kappa shape index (κ3) is 5.23. The number of nitrogens with zero attached hydrogens (tertiary/aromatic N) is 4. The largest absolute Gasteiger partial charge is 0.497 e. The standard InChI is InChI=1S/C25H25N5O2S/c1-17(19-7-5-4-6-8-19)27-24(31)18(2)33-25-29-28-23(20-13-15-26-16-14-20)30(25)21-9-11-22(32-3)12-10-21/h4-18H,1-3H3,(H,27,31)/t17-,18-/m0/s1. The summed E-state index contributed by atoms with van der Waals surface area (Å²) in [6, 6.07) is 21.2. The van der Waals surface area contributed by atoms with Gasteiger partial charge in [-0.2, -0.15) is 0 Å². The molecule has 2 atom stereocenters. The van der Waals surface area contributed by atoms with E-state index in [1.54, 1.807) is 19.5 Å². The summed E-state index contributed by atoms with van der Waals surface area (Å²) in [4.78, 5) is 17.0. The molecule has 168 valence electrons. The number of nitrogens with one attached hydrogen (secondary N) is 1. The number of amides is 1. The molecule has 0 unspecified atom stereocenters. The summed E-state index contributed by atoms with van der Waals surface area (Å²) in [5.41, 5.74) is 2.82. The van der Waals surface area contributed by atoms with Crippen LogP contribution in [0, 0.1) is 0 Å². The van der Waals surface area contributed by atoms with Crippen LogP contribution >= 0.6 is 11.8 Å². The van der Waals surface area contributed by atoms with Gasteiger partial charge >= 0.3 is 0 Å². The van der Waals surface area contributed by atoms with Gasteiger partial charge in [0, 0.05) is 23.6 Å². The molecule has 2 aromatic heterocycles. The van der Waals surface area contributed by atoms with Gasteiger partial charge in [-0.1, -0.05) is 42.1 Å². The van der Waals surface area contributed by atoms with E-state index in [1.165, 1.54) is 11.8 Å². The van der Waals surface area contributed by atoms with Crippen molar-refractivity contribution in [2.75, 3.05) is 7.11 Å². The number of hydrogen-bond acceptors (Lipinski definition) is 6. The summed E-state index contributed by atoms with van der Waals surface area (Å²) >= 11 is 1.37. The van der Waals surface area contributed by atoms with Crippen LogP contribution in [0.2, 0.25) is 0 Å². The number of methoxy groups -OCH3 is 1. The van der Waals surface area contributed by atoms with E-state index < -0.39 is 0 Å². The Morgan fingerprint density at radius 2 is 1.67 bits per heavy atom. The number of aromatic nitrogens is 4. The van der Waals surface area contributed by atoms with Crippen LogP contribution in [0.25, 0.3) is 17.1 Å². The van der Waals surface area contributed by atoms with Crippen LogP contribution in [0.5, 0.6) is 5.75 Å². The second-order valence-electron chi connectivity index (χ2n) is 7.48. The van der Waals surface area contributed by atoms with Crippen LogP contribution in [0.3, 0.4) is 0 Å². The smallest absolute Gasteiger partial charge is 0.233 e. The topological polar surface area (TPSA) is 81.9 Å². The molecular weight excluding hydrogens is 434 g/mol. The molecule has 1 amide bonds. The number of benzene rings is 2. The van der Waals surface area contributed by atoms with E-state index in [1.807, 2.05) is 85.1 Å². The lowest BCUT2D eigenvalue weighted by atomic mass is 10.1. The molecule has 0 aliphatic carbocycles. The fourth-order valence-electron chi connectivity index (χ4n) is 3.37. The molecule has 0 spiro atoms. The van der Waals surface area contributed by atoms with Crippen molar-refractivity contribution in [1.29, 1.82) is 0 Å². The predicted molar refractivity (Wildman–Crippen MR) is 129 cm³/mol. The Labute approximate surface area is 197 Å². The molecule has 8 heteroatoms. The van der Waals surface area contributed by atoms with E-state index in [4.69, 9.17) is 4.74 Å². The number of thioether (sulfide) groups is 1. The monoisotopic (exact) mass is 459 g/mol. The number of pyridine rings is 1. The van der Waals surface area contributed by atoms with Gasteiger partial charge in [0.25, 0.3) is 0 Å². The van der Waals surface area contributed by atoms with Crippen LogP contribution in [-0.4, -0.2) is 38.0 Å². The molecule has 0 radical (unpaired) electrons. The molecule has 0 saturated heterocycles. The van der Waals surface area contributed by atoms with Crippen molar-refractivity contribution < 1.29 is 9.53 Å². The zero-order valence-corrected chi connectivity index (χ0v) is 19.5. The molecule has 0 aliphatic rings. The summed E-state index contributed by atoms with van der Waals surface area (Å²) in [6.45, 7) is 3.85. The second-order valence-corrected chi connectivity index (χ2v) is 8.78. The van der Waals surface area contributed by atoms with Gasteiger partial charge < -0.3 is 10.1 Å². The molecule has 0 aliphatic heterocycles. The van der Waals surface area contributed by atoms with Gasteiger partial charge in [-0.05, 0) is 55.8 Å². The van der Waals surface area contributed by atoms with Gasteiger partial charge in [0.2, 0.25) is 5.91 Å². The van der Waals surface area contributed by atoms with Gasteiger partial charge in [-0.25, -0.2) is 0 Å². The van der Waals surface area contributed by atoms with Crippen LogP contribution in [0.4, 0.5) is 0 Å². The minimum Gasteiger partial charge on any atom is -0.497 e. The van der Waals surface area contributed by atoms with Crippen LogP contribution < -0.4 is 10.1 Å². The summed E-state index contributed by atoms with van der Waals surface area (Å²) in [6.07, 6.45) is 3.44. The lowest BCUT2D eigenvalue weighted by molar-refractivity contribution is -0.120. The third-order valence-electron chi connectivity index (χ3n) is 5.21. The third-order valence-corrected chi connectivity index (χ3v) is 6.25. The molecule has 4 rings (SSSR count). The Balaban J connectivity index is 1.60. The highest BCUT2D eigenvalue weighted by molar-refractivity contribution is 8.00. The van der Waals surface area contributed by atoms with Gasteiger partial charge in [0.05, 0.1) is 18.4 Å². The van der Waals surface area contributed by atoms with Crippen molar-refractivity contribution in [1.82, 2.24) is 25.1 Å². The molecule has 1 N–H and O–H groups in total. The fraction of sp³-hybridized carbons (Fsp3) is 0.200. The molecular formula is C25H25N5O2S. The van der Waals surface area contributed by atoms with E-state index in [9.17, 15) is 4.79 Å². The van der Waals surface area contributed by atoms with Gasteiger partial charge in [0.1, 0.15) is 5.75 Å². The number of hydrogen-bond donors (Lipinski definition) is 1. The summed E-state index contributed by atoms with van der Waals surface area (Å²) in [7, 11) is 1.63. The average molecular weight is 460 g/mol. The highest BCUT2D eigenvalue weighted by Crippen LogP contribution is 2.31. The molecule has 0 bridgehead atoms. The Bertz CT molecular complexity index is 1200. The van der Waals surface area contributed by atoms with Crippen LogP contribution in [0.15, 0.2) is 84.3 Å². The first kappa shape index (κ1) is 22.5. The molecule has 2 heterocycles. The van der Waals surface area contributed by atoms with E-state index in [0.29, 0.717) is 11.0 Å². The minimum atomic E-state index is -0.373. The van der Waals surface area contributed by atoms with Gasteiger partial charge in [0.15, 0.2) is 11.0 Å². The Kier molecular flexibility index (Phi) is 7.04. The van der Waals surface area contributed by atoms with E-state index in [0.717, 1.165) is 22.6 Å². The minimum absolute atomic E-state index is 0.0638. The molecule has 33 heavy (non-hydrogen) atoms. The highest BCUT2D eigenvalue weighted by atomic mass is 32.2. The highest BCUT2D eigenvalue weighted by Gasteiger charge is 2.23. The van der Waals surface area contributed by atoms with Crippen LogP contribution in [-0.2, 0) is 4.79 Å². The number of carbonyl (C=O) groups excluding carboxylic acids is 1. The molecule has 2 aromatic carbocycles. The predicted octanol–water partition coefficient (Wildman–Crippen LogP) is 4.70. The Hall–Kier alpha value is -3.65. The maximum Gasteiger partial charge on any atom is 0.233 e. The van der Waals surface area contributed by atoms with Crippen molar-refractivity contribution >= 4 is 17.7 Å². The number of ether oxygens (including phenoxy) is 1. The van der Waals surface area contributed by atoms with Crippen molar-refractivity contribution in [3.05, 3.63) is 84.7 Å². The lowest BCUT2D eigenvalue weighted by Gasteiger charge is -2.18. The zero-order valence-electron chi connectivity index (χ0n) is 18.7. The molecule has 0 saturated carbocycles. The first-order valence-corrected chi connectivity index (χ1v) is 11.5. The summed E-state index contributed by atoms with van der Waals surface area (Å²) < 4.78 is 7.24. The molecule has 4 aromatic rings. The normalized spacial score (nSPS) is 12.7. The quantitative estimate of drug-likeness (QED) is 0.385. The Morgan fingerprint density at radius 1 is 0.970 bits per heavy atom. The van der Waals surface area contributed by atoms with E-state index >= 15 is 0 Å². The first-order valence-electron chi connectivity index (χ1n) is 10.6. The maximum atomic E-state index is 12.9. The number of rotatable bonds is 8. The van der Waals surface area contributed by atoms with Crippen LogP contribution in [0.1, 0.15) is 25.5 Å². The van der Waals surface area contributed by atoms with E-state index in [-0.39, 0.29) is 17.2 Å². The SMILES string of the molecule is COc1ccc(-n2c(S[C@@H](C)C(=O)N[C@@H](C)c3ccccc3)nnc2-c2ccncc2)cc1. The summed E-state index contributed by atoms with van der Waals surface area (Å²) in [5, 5.41) is 12.2. The molecule has 0 fully saturated rings. The van der Waals surface area contributed by atoms with Crippen molar-refractivity contribution in [3.63, 3.8) is 0 Å². The average Bonchev–Trinajstić information content (AvgIpc) is 3.28. The fourth-order valence-corrected chi connectivity index (χ4v) is 4.24. The van der Waals surface area contributed by atoms with Gasteiger partial charge in [-0.15, -0.1) is 10.2 Å². The van der Waals surface area contributed by atoms with E-state index in [2.05, 4.69) is 20.5 Å². The van der Waals surface area contributed by atoms with Gasteiger partial charge in [-0.3, -0.25) is 14.3 Å². The molecule has 7 nitrogen and oxygen atoms in total. The van der Waals surface area contributed by atoms with Crippen molar-refractivity contribution in [2.24, 2.45) is 0 Å². The zero-order chi connectivity index (χ0) is 23.2. The summed E-state index contributed by atoms with van der Waals surface area (Å²) in [5.74, 6) is 1.37. The Morgan fingerprint density at radius 3 is 2.33 bits per heavy atom. The van der Waals surface area contributed by atoms with Crippen molar-refractivity contribution in [2.45, 2.75) is 30.3 Å². The lowest BCUT2D eigenvalue weighted by Crippen LogP contribution is -2.33. The maximum absolute atomic E-state index is 12.9. The second kappa shape index (κ2) is 10.3. The number of carbonyl (C=O) groups is 1. The first-order chi connectivity index (χ1) is 16.1.